The van der Waals surface area contributed by atoms with Crippen LogP contribution in [0.3, 0.4) is 0 Å². The molecule has 150 valence electrons. The number of pyridine rings is 1. The number of amides is 1. The van der Waals surface area contributed by atoms with Crippen molar-refractivity contribution in [3.8, 4) is 5.75 Å². The van der Waals surface area contributed by atoms with Gasteiger partial charge in [0, 0.05) is 37.1 Å². The van der Waals surface area contributed by atoms with Crippen LogP contribution < -0.4 is 10.1 Å². The molecule has 0 radical (unpaired) electrons. The largest absolute Gasteiger partial charge is 0.496 e. The second-order valence-electron chi connectivity index (χ2n) is 6.59. The predicted molar refractivity (Wildman–Crippen MR) is 106 cm³/mol. The van der Waals surface area contributed by atoms with Gasteiger partial charge in [-0.2, -0.15) is 4.31 Å². The summed E-state index contributed by atoms with van der Waals surface area (Å²) in [4.78, 5) is 16.6. The van der Waals surface area contributed by atoms with Gasteiger partial charge in [0.15, 0.2) is 0 Å². The molecule has 1 fully saturated rings. The number of hydrogen-bond acceptors (Lipinski definition) is 5. The highest BCUT2D eigenvalue weighted by molar-refractivity contribution is 7.89. The van der Waals surface area contributed by atoms with Gasteiger partial charge >= 0.3 is 0 Å². The standard InChI is InChI=1S/C19H22ClN3O4S/c1-27-18-5-4-15(20)11-17(18)19(24)22-12-14-6-9-23(10-7-14)28(25,26)16-3-2-8-21-13-16/h2-5,8,11,13-14H,6-7,9-10,12H2,1H3,(H,22,24). The van der Waals surface area contributed by atoms with Gasteiger partial charge in [0.05, 0.1) is 12.7 Å². The van der Waals surface area contributed by atoms with Crippen LogP contribution in [-0.2, 0) is 10.0 Å². The van der Waals surface area contributed by atoms with Crippen LogP contribution in [0.15, 0.2) is 47.6 Å². The van der Waals surface area contributed by atoms with Crippen LogP contribution in [0.1, 0.15) is 23.2 Å². The van der Waals surface area contributed by atoms with Gasteiger partial charge in [-0.1, -0.05) is 11.6 Å². The molecular weight excluding hydrogens is 402 g/mol. The number of methoxy groups -OCH3 is 1. The second-order valence-corrected chi connectivity index (χ2v) is 8.97. The molecule has 0 unspecified atom stereocenters. The molecule has 3 rings (SSSR count). The highest BCUT2D eigenvalue weighted by Gasteiger charge is 2.29. The topological polar surface area (TPSA) is 88.6 Å². The van der Waals surface area contributed by atoms with Crippen LogP contribution in [-0.4, -0.2) is 50.4 Å². The van der Waals surface area contributed by atoms with Gasteiger partial charge in [-0.05, 0) is 49.1 Å². The molecule has 0 spiro atoms. The Morgan fingerprint density at radius 2 is 2.07 bits per heavy atom. The maximum Gasteiger partial charge on any atom is 0.255 e. The number of nitrogens with zero attached hydrogens (tertiary/aromatic N) is 2. The van der Waals surface area contributed by atoms with E-state index < -0.39 is 10.0 Å². The minimum atomic E-state index is -3.52. The number of ether oxygens (including phenoxy) is 1. The molecule has 9 heteroatoms. The van der Waals surface area contributed by atoms with Crippen molar-refractivity contribution in [2.75, 3.05) is 26.7 Å². The van der Waals surface area contributed by atoms with Gasteiger partial charge in [0.25, 0.3) is 5.91 Å². The Balaban J connectivity index is 1.55. The second kappa shape index (κ2) is 8.89. The van der Waals surface area contributed by atoms with E-state index in [9.17, 15) is 13.2 Å². The van der Waals surface area contributed by atoms with Crippen LogP contribution >= 0.6 is 11.6 Å². The molecule has 28 heavy (non-hydrogen) atoms. The average Bonchev–Trinajstić information content (AvgIpc) is 2.73. The Hall–Kier alpha value is -2.16. The number of carbonyl (C=O) groups is 1. The third-order valence-electron chi connectivity index (χ3n) is 4.80. The fourth-order valence-electron chi connectivity index (χ4n) is 3.19. The molecule has 1 aromatic carbocycles. The highest BCUT2D eigenvalue weighted by Crippen LogP contribution is 2.25. The van der Waals surface area contributed by atoms with E-state index >= 15 is 0 Å². The minimum absolute atomic E-state index is 0.203. The molecular formula is C19H22ClN3O4S. The van der Waals surface area contributed by atoms with Crippen molar-refractivity contribution < 1.29 is 17.9 Å². The van der Waals surface area contributed by atoms with Crippen molar-refractivity contribution in [1.82, 2.24) is 14.6 Å². The summed E-state index contributed by atoms with van der Waals surface area (Å²) in [6.45, 7) is 1.30. The van der Waals surface area contributed by atoms with E-state index in [1.54, 1.807) is 36.5 Å². The van der Waals surface area contributed by atoms with Crippen molar-refractivity contribution in [3.05, 3.63) is 53.3 Å². The number of aromatic nitrogens is 1. The molecule has 2 aromatic rings. The Bertz CT molecular complexity index is 929. The van der Waals surface area contributed by atoms with E-state index in [0.29, 0.717) is 48.8 Å². The van der Waals surface area contributed by atoms with Crippen molar-refractivity contribution in [2.45, 2.75) is 17.7 Å². The maximum atomic E-state index is 12.6. The lowest BCUT2D eigenvalue weighted by Gasteiger charge is -2.31. The highest BCUT2D eigenvalue weighted by atomic mass is 35.5. The lowest BCUT2D eigenvalue weighted by molar-refractivity contribution is 0.0938. The number of hydrogen-bond donors (Lipinski definition) is 1. The molecule has 0 saturated carbocycles. The van der Waals surface area contributed by atoms with Gasteiger partial charge in [0.2, 0.25) is 10.0 Å². The van der Waals surface area contributed by atoms with Gasteiger partial charge in [0.1, 0.15) is 10.6 Å². The number of sulfonamides is 1. The van der Waals surface area contributed by atoms with Gasteiger partial charge in [-0.15, -0.1) is 0 Å². The molecule has 1 amide bonds. The first-order valence-corrected chi connectivity index (χ1v) is 10.8. The summed E-state index contributed by atoms with van der Waals surface area (Å²) >= 11 is 5.97. The zero-order valence-corrected chi connectivity index (χ0v) is 17.0. The number of piperidine rings is 1. The summed E-state index contributed by atoms with van der Waals surface area (Å²) in [6.07, 6.45) is 4.25. The van der Waals surface area contributed by atoms with Crippen molar-refractivity contribution in [2.24, 2.45) is 5.92 Å². The monoisotopic (exact) mass is 423 g/mol. The normalized spacial score (nSPS) is 15.9. The van der Waals surface area contributed by atoms with Crippen LogP contribution in [0, 0.1) is 5.92 Å². The molecule has 1 N–H and O–H groups in total. The van der Waals surface area contributed by atoms with E-state index in [2.05, 4.69) is 10.3 Å². The fraction of sp³-hybridized carbons (Fsp3) is 0.368. The lowest BCUT2D eigenvalue weighted by atomic mass is 9.98. The van der Waals surface area contributed by atoms with Crippen LogP contribution in [0.25, 0.3) is 0 Å². The molecule has 7 nitrogen and oxygen atoms in total. The summed E-state index contributed by atoms with van der Waals surface area (Å²) in [5.74, 6) is 0.401. The quantitative estimate of drug-likeness (QED) is 0.771. The minimum Gasteiger partial charge on any atom is -0.496 e. The number of halogens is 1. The molecule has 2 heterocycles. The summed E-state index contributed by atoms with van der Waals surface area (Å²) in [5, 5.41) is 3.36. The van der Waals surface area contributed by atoms with Gasteiger partial charge < -0.3 is 10.1 Å². The number of carbonyl (C=O) groups excluding carboxylic acids is 1. The van der Waals surface area contributed by atoms with Crippen LogP contribution in [0.4, 0.5) is 0 Å². The number of nitrogens with one attached hydrogen (secondary N) is 1. The molecule has 1 aromatic heterocycles. The van der Waals surface area contributed by atoms with E-state index in [-0.39, 0.29) is 16.7 Å². The number of benzene rings is 1. The predicted octanol–water partition coefficient (Wildman–Crippen LogP) is 2.57. The lowest BCUT2D eigenvalue weighted by Crippen LogP contribution is -2.41. The van der Waals surface area contributed by atoms with E-state index in [0.717, 1.165) is 0 Å². The van der Waals surface area contributed by atoms with Gasteiger partial charge in [-0.3, -0.25) is 9.78 Å². The van der Waals surface area contributed by atoms with Crippen molar-refractivity contribution in [1.29, 1.82) is 0 Å². The van der Waals surface area contributed by atoms with E-state index in [4.69, 9.17) is 16.3 Å². The number of rotatable bonds is 6. The molecule has 0 atom stereocenters. The molecule has 1 aliphatic heterocycles. The summed E-state index contributed by atoms with van der Waals surface area (Å²) in [6, 6.07) is 8.04. The van der Waals surface area contributed by atoms with E-state index in [1.165, 1.54) is 17.6 Å². The van der Waals surface area contributed by atoms with Gasteiger partial charge in [-0.25, -0.2) is 8.42 Å². The Labute approximate surface area is 169 Å². The zero-order chi connectivity index (χ0) is 20.1. The smallest absolute Gasteiger partial charge is 0.255 e. The maximum absolute atomic E-state index is 12.6. The first-order valence-electron chi connectivity index (χ1n) is 8.93. The Morgan fingerprint density at radius 3 is 2.71 bits per heavy atom. The third-order valence-corrected chi connectivity index (χ3v) is 6.92. The fourth-order valence-corrected chi connectivity index (χ4v) is 4.80. The third kappa shape index (κ3) is 4.63. The molecule has 0 bridgehead atoms. The summed E-state index contributed by atoms with van der Waals surface area (Å²) in [7, 11) is -2.02. The zero-order valence-electron chi connectivity index (χ0n) is 15.5. The first kappa shape index (κ1) is 20.6. The van der Waals surface area contributed by atoms with Crippen LogP contribution in [0.2, 0.25) is 5.02 Å². The summed E-state index contributed by atoms with van der Waals surface area (Å²) in [5.41, 5.74) is 0.381. The van der Waals surface area contributed by atoms with Crippen molar-refractivity contribution in [3.63, 3.8) is 0 Å². The first-order chi connectivity index (χ1) is 13.4. The molecule has 1 aliphatic rings. The molecule has 1 saturated heterocycles. The summed E-state index contributed by atoms with van der Waals surface area (Å²) < 4.78 is 32.0. The molecule has 0 aliphatic carbocycles. The Morgan fingerprint density at radius 1 is 1.32 bits per heavy atom. The Kier molecular flexibility index (Phi) is 6.53. The average molecular weight is 424 g/mol. The van der Waals surface area contributed by atoms with E-state index in [1.807, 2.05) is 0 Å². The van der Waals surface area contributed by atoms with Crippen molar-refractivity contribution >= 4 is 27.5 Å². The SMILES string of the molecule is COc1ccc(Cl)cc1C(=O)NCC1CCN(S(=O)(=O)c2cccnc2)CC1. The van der Waals surface area contributed by atoms with Crippen LogP contribution in [0.5, 0.6) is 5.75 Å².